The zero-order chi connectivity index (χ0) is 14.0. The van der Waals surface area contributed by atoms with Gasteiger partial charge in [-0.3, -0.25) is 0 Å². The summed E-state index contributed by atoms with van der Waals surface area (Å²) in [6.07, 6.45) is 0. The number of aryl methyl sites for hydroxylation is 1. The molecule has 0 saturated carbocycles. The molecule has 1 heterocycles. The molecular formula is C10H9N4NaO3S2. The first kappa shape index (κ1) is 17.2. The molecule has 0 unspecified atom stereocenters. The summed E-state index contributed by atoms with van der Waals surface area (Å²) in [5.74, 6) is 0. The van der Waals surface area contributed by atoms with Crippen LogP contribution < -0.4 is 35.3 Å². The van der Waals surface area contributed by atoms with Crippen LogP contribution in [-0.4, -0.2) is 18.0 Å². The summed E-state index contributed by atoms with van der Waals surface area (Å²) in [6.45, 7) is 1.76. The number of nitrogens with zero attached hydrogens (tertiary/aromatic N) is 3. The molecule has 0 aliphatic heterocycles. The first-order chi connectivity index (χ1) is 8.86. The number of anilines is 1. The van der Waals surface area contributed by atoms with E-state index < -0.39 is 10.1 Å². The first-order valence-corrected chi connectivity index (χ1v) is 7.29. The number of thiazole rings is 1. The van der Waals surface area contributed by atoms with Gasteiger partial charge in [0.1, 0.15) is 10.1 Å². The number of rotatable bonds is 3. The van der Waals surface area contributed by atoms with E-state index in [0.29, 0.717) is 21.5 Å². The molecule has 0 radical (unpaired) electrons. The maximum absolute atomic E-state index is 10.7. The fourth-order valence-electron chi connectivity index (χ4n) is 1.28. The zero-order valence-electron chi connectivity index (χ0n) is 10.8. The third-order valence-electron chi connectivity index (χ3n) is 2.17. The zero-order valence-corrected chi connectivity index (χ0v) is 14.4. The summed E-state index contributed by atoms with van der Waals surface area (Å²) in [7, 11) is -4.44. The van der Waals surface area contributed by atoms with Crippen LogP contribution in [0.2, 0.25) is 0 Å². The summed E-state index contributed by atoms with van der Waals surface area (Å²) >= 11 is 1.20. The Morgan fingerprint density at radius 2 is 1.85 bits per heavy atom. The smallest absolute Gasteiger partial charge is 0.744 e. The van der Waals surface area contributed by atoms with Gasteiger partial charge in [-0.25, -0.2) is 13.4 Å². The third kappa shape index (κ3) is 4.33. The average molecular weight is 320 g/mol. The topological polar surface area (TPSA) is 121 Å². The van der Waals surface area contributed by atoms with Gasteiger partial charge < -0.3 is 10.3 Å². The molecule has 0 saturated heterocycles. The number of hydrogen-bond acceptors (Lipinski definition) is 8. The molecule has 0 aliphatic carbocycles. The average Bonchev–Trinajstić information content (AvgIpc) is 2.65. The van der Waals surface area contributed by atoms with Crippen LogP contribution in [0.3, 0.4) is 0 Å². The minimum atomic E-state index is -4.44. The molecule has 0 aliphatic rings. The molecule has 7 nitrogen and oxygen atoms in total. The normalized spacial score (nSPS) is 11.5. The SMILES string of the molecule is Cc1nc(N)sc1N=Nc1ccc(S(=O)(=O)[O-])cc1.[Na+]. The van der Waals surface area contributed by atoms with Crippen molar-refractivity contribution < 1.29 is 42.5 Å². The van der Waals surface area contributed by atoms with Crippen molar-refractivity contribution >= 4 is 37.3 Å². The standard InChI is InChI=1S/C10H10N4O3S2.Na/c1-6-9(18-10(11)12-6)14-13-7-2-4-8(5-3-7)19(15,16)17;/h2-5H,1H3,(H2,11,12)(H,15,16,17);/q;+1/p-1. The fraction of sp³-hybridized carbons (Fsp3) is 0.100. The van der Waals surface area contributed by atoms with E-state index in [4.69, 9.17) is 5.73 Å². The molecule has 1 aromatic heterocycles. The Morgan fingerprint density at radius 3 is 2.30 bits per heavy atom. The molecule has 20 heavy (non-hydrogen) atoms. The Kier molecular flexibility index (Phi) is 5.80. The Balaban J connectivity index is 0.00000200. The molecule has 0 spiro atoms. The van der Waals surface area contributed by atoms with Gasteiger partial charge in [-0.05, 0) is 31.2 Å². The number of benzene rings is 1. The van der Waals surface area contributed by atoms with E-state index in [1.54, 1.807) is 6.92 Å². The van der Waals surface area contributed by atoms with Crippen molar-refractivity contribution in [3.63, 3.8) is 0 Å². The minimum Gasteiger partial charge on any atom is -0.744 e. The van der Waals surface area contributed by atoms with E-state index in [1.807, 2.05) is 0 Å². The van der Waals surface area contributed by atoms with Crippen LogP contribution >= 0.6 is 11.3 Å². The fourth-order valence-corrected chi connectivity index (χ4v) is 2.41. The van der Waals surface area contributed by atoms with Gasteiger partial charge in [0, 0.05) is 0 Å². The molecule has 0 atom stereocenters. The number of nitrogen functional groups attached to an aromatic ring is 1. The van der Waals surface area contributed by atoms with Gasteiger partial charge in [0.25, 0.3) is 0 Å². The van der Waals surface area contributed by atoms with E-state index in [-0.39, 0.29) is 34.5 Å². The van der Waals surface area contributed by atoms with Crippen molar-refractivity contribution in [3.05, 3.63) is 30.0 Å². The number of hydrogen-bond donors (Lipinski definition) is 1. The minimum absolute atomic E-state index is 0. The number of aromatic nitrogens is 1. The van der Waals surface area contributed by atoms with Crippen LogP contribution in [-0.2, 0) is 10.1 Å². The largest absolute Gasteiger partial charge is 1.00 e. The molecule has 2 N–H and O–H groups in total. The molecule has 0 bridgehead atoms. The molecule has 2 aromatic rings. The second kappa shape index (κ2) is 6.74. The molecular weight excluding hydrogens is 311 g/mol. The van der Waals surface area contributed by atoms with Crippen LogP contribution in [0.15, 0.2) is 39.4 Å². The van der Waals surface area contributed by atoms with Gasteiger partial charge in [0.15, 0.2) is 10.1 Å². The van der Waals surface area contributed by atoms with Crippen LogP contribution in [0.1, 0.15) is 5.69 Å². The Hall–Kier alpha value is -0.840. The molecule has 2 rings (SSSR count). The summed E-state index contributed by atoms with van der Waals surface area (Å²) in [6, 6.07) is 5.16. The van der Waals surface area contributed by atoms with Gasteiger partial charge in [0.05, 0.1) is 16.3 Å². The summed E-state index contributed by atoms with van der Waals surface area (Å²) in [5.41, 5.74) is 6.62. The molecule has 100 valence electrons. The maximum Gasteiger partial charge on any atom is 1.00 e. The van der Waals surface area contributed by atoms with Crippen LogP contribution in [0, 0.1) is 6.92 Å². The molecule has 0 fully saturated rings. The van der Waals surface area contributed by atoms with E-state index in [0.717, 1.165) is 0 Å². The predicted molar refractivity (Wildman–Crippen MR) is 69.8 cm³/mol. The van der Waals surface area contributed by atoms with Crippen LogP contribution in [0.4, 0.5) is 15.8 Å². The van der Waals surface area contributed by atoms with E-state index >= 15 is 0 Å². The Morgan fingerprint density at radius 1 is 1.25 bits per heavy atom. The van der Waals surface area contributed by atoms with Crippen molar-refractivity contribution in [2.45, 2.75) is 11.8 Å². The quantitative estimate of drug-likeness (QED) is 0.458. The predicted octanol–water partition coefficient (Wildman–Crippen LogP) is -0.643. The monoisotopic (exact) mass is 320 g/mol. The van der Waals surface area contributed by atoms with Gasteiger partial charge in [-0.15, -0.1) is 10.2 Å². The first-order valence-electron chi connectivity index (χ1n) is 5.07. The van der Waals surface area contributed by atoms with Crippen molar-refractivity contribution in [3.8, 4) is 0 Å². The Labute approximate surface area is 142 Å². The second-order valence-electron chi connectivity index (χ2n) is 3.59. The Bertz CT molecular complexity index is 725. The van der Waals surface area contributed by atoms with Crippen molar-refractivity contribution in [2.75, 3.05) is 5.73 Å². The summed E-state index contributed by atoms with van der Waals surface area (Å²) in [4.78, 5) is 3.69. The molecule has 1 aromatic carbocycles. The van der Waals surface area contributed by atoms with Gasteiger partial charge in [-0.2, -0.15) is 0 Å². The second-order valence-corrected chi connectivity index (χ2v) is 5.98. The molecule has 10 heteroatoms. The van der Waals surface area contributed by atoms with Gasteiger partial charge in [0.2, 0.25) is 0 Å². The van der Waals surface area contributed by atoms with E-state index in [2.05, 4.69) is 15.2 Å². The van der Waals surface area contributed by atoms with E-state index in [9.17, 15) is 13.0 Å². The number of azo groups is 1. The van der Waals surface area contributed by atoms with Crippen molar-refractivity contribution in [1.29, 1.82) is 0 Å². The molecule has 0 amide bonds. The summed E-state index contributed by atoms with van der Waals surface area (Å²) < 4.78 is 32.2. The maximum atomic E-state index is 10.7. The van der Waals surface area contributed by atoms with Gasteiger partial charge in [-0.1, -0.05) is 11.3 Å². The van der Waals surface area contributed by atoms with E-state index in [1.165, 1.54) is 35.6 Å². The van der Waals surface area contributed by atoms with Gasteiger partial charge >= 0.3 is 29.6 Å². The van der Waals surface area contributed by atoms with Crippen molar-refractivity contribution in [2.24, 2.45) is 10.2 Å². The van der Waals surface area contributed by atoms with Crippen molar-refractivity contribution in [1.82, 2.24) is 4.98 Å². The van der Waals surface area contributed by atoms with Crippen LogP contribution in [0.5, 0.6) is 0 Å². The summed E-state index contributed by atoms with van der Waals surface area (Å²) in [5, 5.41) is 8.86. The van der Waals surface area contributed by atoms with Crippen LogP contribution in [0.25, 0.3) is 0 Å². The number of nitrogens with two attached hydrogens (primary N) is 1. The third-order valence-corrected chi connectivity index (χ3v) is 3.89.